The van der Waals surface area contributed by atoms with Gasteiger partial charge in [-0.05, 0) is 68.5 Å². The highest BCUT2D eigenvalue weighted by Gasteiger charge is 2.31. The van der Waals surface area contributed by atoms with E-state index >= 15 is 0 Å². The first-order valence-electron chi connectivity index (χ1n) is 11.9. The van der Waals surface area contributed by atoms with Crippen LogP contribution in [0.2, 0.25) is 0 Å². The van der Waals surface area contributed by atoms with Crippen LogP contribution < -0.4 is 9.47 Å². The van der Waals surface area contributed by atoms with Crippen molar-refractivity contribution < 1.29 is 24.1 Å². The average molecular weight is 471 g/mol. The SMILES string of the molecule is COCCN(C(=O)c1cc(OC)cc(OC)c1)C1CCN(C(C)c2ccc(O)c(C)c2C)CC1. The molecule has 1 atom stereocenters. The molecule has 34 heavy (non-hydrogen) atoms. The molecule has 2 aromatic rings. The Kier molecular flexibility index (Phi) is 8.80. The molecule has 1 unspecified atom stereocenters. The molecule has 1 aliphatic heterocycles. The number of phenols is 1. The number of hydrogen-bond acceptors (Lipinski definition) is 6. The van der Waals surface area contributed by atoms with Gasteiger partial charge in [0.2, 0.25) is 0 Å². The van der Waals surface area contributed by atoms with Crippen LogP contribution in [0.25, 0.3) is 0 Å². The quantitative estimate of drug-likeness (QED) is 0.588. The second-order valence-electron chi connectivity index (χ2n) is 8.96. The maximum Gasteiger partial charge on any atom is 0.254 e. The van der Waals surface area contributed by atoms with Crippen molar-refractivity contribution in [2.75, 3.05) is 47.6 Å². The fraction of sp³-hybridized carbons (Fsp3) is 0.519. The smallest absolute Gasteiger partial charge is 0.254 e. The molecule has 0 spiro atoms. The molecule has 1 fully saturated rings. The van der Waals surface area contributed by atoms with Crippen LogP contribution in [0.1, 0.15) is 52.9 Å². The summed E-state index contributed by atoms with van der Waals surface area (Å²) < 4.78 is 16.0. The molecular weight excluding hydrogens is 432 g/mol. The Morgan fingerprint density at radius 3 is 2.24 bits per heavy atom. The standard InChI is InChI=1S/C27H38N2O5/c1-18-19(2)26(30)8-7-25(18)20(3)28-11-9-22(10-12-28)29(13-14-32-4)27(31)21-15-23(33-5)17-24(16-21)34-6/h7-8,15-17,20,22,30H,9-14H2,1-6H3. The highest BCUT2D eigenvalue weighted by atomic mass is 16.5. The van der Waals surface area contributed by atoms with Crippen molar-refractivity contribution in [3.63, 3.8) is 0 Å². The van der Waals surface area contributed by atoms with Crippen LogP contribution in [-0.4, -0.2) is 74.4 Å². The van der Waals surface area contributed by atoms with Crippen molar-refractivity contribution >= 4 is 5.91 Å². The minimum atomic E-state index is -0.0363. The van der Waals surface area contributed by atoms with E-state index in [4.69, 9.17) is 14.2 Å². The molecular formula is C27H38N2O5. The lowest BCUT2D eigenvalue weighted by Gasteiger charge is -2.41. The summed E-state index contributed by atoms with van der Waals surface area (Å²) in [5, 5.41) is 10.0. The van der Waals surface area contributed by atoms with Crippen LogP contribution in [0.3, 0.4) is 0 Å². The van der Waals surface area contributed by atoms with E-state index in [1.807, 2.05) is 17.9 Å². The van der Waals surface area contributed by atoms with Gasteiger partial charge in [0.25, 0.3) is 5.91 Å². The van der Waals surface area contributed by atoms with Crippen molar-refractivity contribution in [1.29, 1.82) is 0 Å². The summed E-state index contributed by atoms with van der Waals surface area (Å²) in [5.74, 6) is 1.49. The first kappa shape index (κ1) is 25.8. The van der Waals surface area contributed by atoms with Crippen LogP contribution in [0.4, 0.5) is 0 Å². The van der Waals surface area contributed by atoms with Gasteiger partial charge in [-0.15, -0.1) is 0 Å². The Labute approximate surface area is 203 Å². The molecule has 7 heteroatoms. The number of piperidine rings is 1. The highest BCUT2D eigenvalue weighted by molar-refractivity contribution is 5.95. The largest absolute Gasteiger partial charge is 0.508 e. The maximum atomic E-state index is 13.6. The summed E-state index contributed by atoms with van der Waals surface area (Å²) in [6.07, 6.45) is 1.77. The molecule has 0 bridgehead atoms. The number of benzene rings is 2. The normalized spacial score (nSPS) is 15.7. The van der Waals surface area contributed by atoms with Crippen LogP contribution in [0.15, 0.2) is 30.3 Å². The van der Waals surface area contributed by atoms with E-state index in [9.17, 15) is 9.90 Å². The topological polar surface area (TPSA) is 71.5 Å². The molecule has 0 radical (unpaired) electrons. The molecule has 1 amide bonds. The third-order valence-corrected chi connectivity index (χ3v) is 7.13. The summed E-state index contributed by atoms with van der Waals surface area (Å²) in [6, 6.07) is 9.48. The number of rotatable bonds is 9. The first-order chi connectivity index (χ1) is 16.3. The molecule has 186 valence electrons. The van der Waals surface area contributed by atoms with E-state index in [-0.39, 0.29) is 18.0 Å². The minimum Gasteiger partial charge on any atom is -0.508 e. The Balaban J connectivity index is 1.75. The van der Waals surface area contributed by atoms with Gasteiger partial charge in [-0.2, -0.15) is 0 Å². The Morgan fingerprint density at radius 1 is 1.06 bits per heavy atom. The molecule has 3 rings (SSSR count). The van der Waals surface area contributed by atoms with Crippen LogP contribution in [-0.2, 0) is 4.74 Å². The van der Waals surface area contributed by atoms with Crippen LogP contribution in [0.5, 0.6) is 17.2 Å². The van der Waals surface area contributed by atoms with E-state index in [2.05, 4.69) is 18.7 Å². The zero-order valence-electron chi connectivity index (χ0n) is 21.3. The average Bonchev–Trinajstić information content (AvgIpc) is 2.87. The Bertz CT molecular complexity index is 963. The number of carbonyl (C=O) groups excluding carboxylic acids is 1. The zero-order valence-corrected chi connectivity index (χ0v) is 21.3. The van der Waals surface area contributed by atoms with Gasteiger partial charge < -0.3 is 24.2 Å². The predicted octanol–water partition coefficient (Wildman–Crippen LogP) is 4.34. The second kappa shape index (κ2) is 11.6. The lowest BCUT2D eigenvalue weighted by atomic mass is 9.94. The number of methoxy groups -OCH3 is 3. The van der Waals surface area contributed by atoms with Crippen LogP contribution in [0, 0.1) is 13.8 Å². The monoisotopic (exact) mass is 470 g/mol. The fourth-order valence-corrected chi connectivity index (χ4v) is 4.80. The Morgan fingerprint density at radius 2 is 1.68 bits per heavy atom. The van der Waals surface area contributed by atoms with Crippen molar-refractivity contribution in [2.45, 2.75) is 45.7 Å². The van der Waals surface area contributed by atoms with Crippen LogP contribution >= 0.6 is 0 Å². The molecule has 1 aliphatic rings. The van der Waals surface area contributed by atoms with Crippen molar-refractivity contribution in [3.05, 3.63) is 52.6 Å². The van der Waals surface area contributed by atoms with Crippen molar-refractivity contribution in [3.8, 4) is 17.2 Å². The van der Waals surface area contributed by atoms with Gasteiger partial charge in [0.1, 0.15) is 17.2 Å². The van der Waals surface area contributed by atoms with E-state index in [1.54, 1.807) is 45.6 Å². The predicted molar refractivity (Wildman–Crippen MR) is 133 cm³/mol. The van der Waals surface area contributed by atoms with Crippen molar-refractivity contribution in [2.24, 2.45) is 0 Å². The summed E-state index contributed by atoms with van der Waals surface area (Å²) in [4.78, 5) is 18.0. The maximum absolute atomic E-state index is 13.6. The second-order valence-corrected chi connectivity index (χ2v) is 8.96. The van der Waals surface area contributed by atoms with E-state index in [1.165, 1.54) is 5.56 Å². The number of ether oxygens (including phenoxy) is 3. The Hall–Kier alpha value is -2.77. The molecule has 0 aromatic heterocycles. The van der Waals surface area contributed by atoms with E-state index < -0.39 is 0 Å². The lowest BCUT2D eigenvalue weighted by Crippen LogP contribution is -2.49. The number of aromatic hydroxyl groups is 1. The third kappa shape index (κ3) is 5.65. The number of amides is 1. The summed E-state index contributed by atoms with van der Waals surface area (Å²) in [6.45, 7) is 9.05. The van der Waals surface area contributed by atoms with Gasteiger partial charge in [-0.3, -0.25) is 9.69 Å². The summed E-state index contributed by atoms with van der Waals surface area (Å²) in [7, 11) is 4.82. The highest BCUT2D eigenvalue weighted by Crippen LogP contribution is 2.32. The number of hydrogen-bond donors (Lipinski definition) is 1. The molecule has 1 heterocycles. The van der Waals surface area contributed by atoms with Crippen molar-refractivity contribution in [1.82, 2.24) is 9.80 Å². The first-order valence-corrected chi connectivity index (χ1v) is 11.9. The molecule has 1 saturated heterocycles. The van der Waals surface area contributed by atoms with Gasteiger partial charge in [0, 0.05) is 50.5 Å². The number of phenolic OH excluding ortho intramolecular Hbond substituents is 1. The lowest BCUT2D eigenvalue weighted by molar-refractivity contribution is 0.0444. The molecule has 1 N–H and O–H groups in total. The summed E-state index contributed by atoms with van der Waals surface area (Å²) in [5.41, 5.74) is 3.87. The molecule has 2 aromatic carbocycles. The van der Waals surface area contributed by atoms with Gasteiger partial charge in [0.15, 0.2) is 0 Å². The third-order valence-electron chi connectivity index (χ3n) is 7.13. The fourth-order valence-electron chi connectivity index (χ4n) is 4.80. The van der Waals surface area contributed by atoms with E-state index in [0.29, 0.717) is 36.0 Å². The summed E-state index contributed by atoms with van der Waals surface area (Å²) >= 11 is 0. The van der Waals surface area contributed by atoms with Gasteiger partial charge in [-0.25, -0.2) is 0 Å². The number of carbonyl (C=O) groups is 1. The van der Waals surface area contributed by atoms with Gasteiger partial charge in [0.05, 0.1) is 20.8 Å². The zero-order chi connectivity index (χ0) is 24.8. The minimum absolute atomic E-state index is 0.0363. The van der Waals surface area contributed by atoms with Gasteiger partial charge in [-0.1, -0.05) is 6.07 Å². The molecule has 0 aliphatic carbocycles. The molecule has 7 nitrogen and oxygen atoms in total. The number of nitrogens with zero attached hydrogens (tertiary/aromatic N) is 2. The van der Waals surface area contributed by atoms with E-state index in [0.717, 1.165) is 37.1 Å². The number of likely N-dealkylation sites (tertiary alicyclic amines) is 1. The molecule has 0 saturated carbocycles. The van der Waals surface area contributed by atoms with Gasteiger partial charge >= 0.3 is 0 Å².